The molecular weight excluding hydrogens is 317 g/mol. The molecule has 1 heterocycles. The summed E-state index contributed by atoms with van der Waals surface area (Å²) in [5, 5.41) is 9.17. The van der Waals surface area contributed by atoms with Crippen molar-refractivity contribution in [2.75, 3.05) is 7.05 Å². The zero-order chi connectivity index (χ0) is 17.9. The van der Waals surface area contributed by atoms with Gasteiger partial charge in [-0.2, -0.15) is 0 Å². The summed E-state index contributed by atoms with van der Waals surface area (Å²) in [7, 11) is 1.40. The molecule has 0 aliphatic heterocycles. The largest absolute Gasteiger partial charge is 0.486 e. The van der Waals surface area contributed by atoms with Crippen LogP contribution < -0.4 is 4.74 Å². The Balaban J connectivity index is 2.03. The van der Waals surface area contributed by atoms with Gasteiger partial charge >= 0.3 is 5.97 Å². The SMILES string of the molecule is CN(C(=O)c1ccc(COc2ccc(F)cc2)o1)C(C)(C)C(=O)O. The van der Waals surface area contributed by atoms with Crippen LogP contribution in [0.2, 0.25) is 0 Å². The van der Waals surface area contributed by atoms with Gasteiger partial charge in [0.2, 0.25) is 0 Å². The van der Waals surface area contributed by atoms with Crippen molar-refractivity contribution >= 4 is 11.9 Å². The number of hydrogen-bond acceptors (Lipinski definition) is 4. The topological polar surface area (TPSA) is 80.0 Å². The highest BCUT2D eigenvalue weighted by molar-refractivity contribution is 5.95. The number of ether oxygens (including phenoxy) is 1. The first kappa shape index (κ1) is 17.5. The van der Waals surface area contributed by atoms with Gasteiger partial charge in [0.25, 0.3) is 5.91 Å². The minimum Gasteiger partial charge on any atom is -0.486 e. The number of nitrogens with zero attached hydrogens (tertiary/aromatic N) is 1. The quantitative estimate of drug-likeness (QED) is 0.878. The molecule has 2 aromatic rings. The molecule has 1 aromatic heterocycles. The van der Waals surface area contributed by atoms with Crippen LogP contribution in [0.4, 0.5) is 4.39 Å². The van der Waals surface area contributed by atoms with Crippen LogP contribution in [0.15, 0.2) is 40.8 Å². The van der Waals surface area contributed by atoms with E-state index in [1.165, 1.54) is 51.2 Å². The van der Waals surface area contributed by atoms with Crippen LogP contribution in [0.3, 0.4) is 0 Å². The van der Waals surface area contributed by atoms with Crippen molar-refractivity contribution in [3.05, 3.63) is 53.7 Å². The fraction of sp³-hybridized carbons (Fsp3) is 0.294. The van der Waals surface area contributed by atoms with E-state index in [4.69, 9.17) is 9.15 Å². The van der Waals surface area contributed by atoms with Gasteiger partial charge in [-0.05, 0) is 50.2 Å². The number of rotatable bonds is 6. The van der Waals surface area contributed by atoms with Crippen LogP contribution >= 0.6 is 0 Å². The van der Waals surface area contributed by atoms with Crippen LogP contribution in [0, 0.1) is 5.82 Å². The second-order valence-corrected chi connectivity index (χ2v) is 5.74. The summed E-state index contributed by atoms with van der Waals surface area (Å²) in [5.74, 6) is -1.16. The molecule has 0 radical (unpaired) electrons. The highest BCUT2D eigenvalue weighted by Crippen LogP contribution is 2.19. The standard InChI is InChI=1S/C17H18FNO5/c1-17(2,16(21)22)19(3)15(20)14-9-8-13(24-14)10-23-12-6-4-11(18)5-7-12/h4-9H,10H2,1-3H3,(H,21,22). The molecule has 7 heteroatoms. The van der Waals surface area contributed by atoms with E-state index in [0.29, 0.717) is 11.5 Å². The number of furan rings is 1. The van der Waals surface area contributed by atoms with Crippen LogP contribution in [0.5, 0.6) is 5.75 Å². The molecule has 0 saturated heterocycles. The van der Waals surface area contributed by atoms with Gasteiger partial charge in [0, 0.05) is 7.05 Å². The van der Waals surface area contributed by atoms with Gasteiger partial charge in [0.05, 0.1) is 0 Å². The maximum Gasteiger partial charge on any atom is 0.329 e. The number of carbonyl (C=O) groups is 2. The molecule has 0 saturated carbocycles. The van der Waals surface area contributed by atoms with E-state index in [-0.39, 0.29) is 18.2 Å². The summed E-state index contributed by atoms with van der Waals surface area (Å²) in [5.41, 5.74) is -1.37. The highest BCUT2D eigenvalue weighted by atomic mass is 19.1. The van der Waals surface area contributed by atoms with Gasteiger partial charge < -0.3 is 19.2 Å². The number of likely N-dealkylation sites (N-methyl/N-ethyl adjacent to an activating group) is 1. The van der Waals surface area contributed by atoms with Crippen LogP contribution in [0.1, 0.15) is 30.2 Å². The molecular formula is C17H18FNO5. The Kier molecular flexibility index (Phi) is 4.92. The van der Waals surface area contributed by atoms with E-state index in [2.05, 4.69) is 0 Å². The number of carboxylic acid groups (broad SMARTS) is 1. The fourth-order valence-corrected chi connectivity index (χ4v) is 1.82. The molecule has 0 fully saturated rings. The maximum absolute atomic E-state index is 12.8. The summed E-state index contributed by atoms with van der Waals surface area (Å²) in [4.78, 5) is 24.6. The summed E-state index contributed by atoms with van der Waals surface area (Å²) in [6.45, 7) is 2.91. The van der Waals surface area contributed by atoms with Gasteiger partial charge in [-0.1, -0.05) is 0 Å². The van der Waals surface area contributed by atoms with E-state index in [9.17, 15) is 19.1 Å². The van der Waals surface area contributed by atoms with Crippen LogP contribution in [-0.2, 0) is 11.4 Å². The third-order valence-electron chi connectivity index (χ3n) is 3.73. The highest BCUT2D eigenvalue weighted by Gasteiger charge is 2.36. The van der Waals surface area contributed by atoms with E-state index < -0.39 is 17.4 Å². The predicted molar refractivity (Wildman–Crippen MR) is 83.2 cm³/mol. The number of amides is 1. The monoisotopic (exact) mass is 335 g/mol. The second-order valence-electron chi connectivity index (χ2n) is 5.74. The van der Waals surface area contributed by atoms with Crippen molar-refractivity contribution in [3.8, 4) is 5.75 Å². The molecule has 0 atom stereocenters. The molecule has 1 amide bonds. The minimum absolute atomic E-state index is 0.0181. The Bertz CT molecular complexity index is 736. The number of halogens is 1. The molecule has 2 rings (SSSR count). The zero-order valence-electron chi connectivity index (χ0n) is 13.6. The smallest absolute Gasteiger partial charge is 0.329 e. The van der Waals surface area contributed by atoms with Crippen molar-refractivity contribution < 1.29 is 28.2 Å². The summed E-state index contributed by atoms with van der Waals surface area (Å²) < 4.78 is 23.6. The first-order valence-corrected chi connectivity index (χ1v) is 7.20. The Hall–Kier alpha value is -2.83. The van der Waals surface area contributed by atoms with Crippen molar-refractivity contribution in [2.24, 2.45) is 0 Å². The number of hydrogen-bond donors (Lipinski definition) is 1. The first-order chi connectivity index (χ1) is 11.2. The molecule has 128 valence electrons. The molecule has 1 N–H and O–H groups in total. The lowest BCUT2D eigenvalue weighted by Crippen LogP contribution is -2.50. The second kappa shape index (κ2) is 6.74. The third kappa shape index (κ3) is 3.73. The minimum atomic E-state index is -1.37. The Morgan fingerprint density at radius 1 is 1.21 bits per heavy atom. The lowest BCUT2D eigenvalue weighted by molar-refractivity contribution is -0.147. The van der Waals surface area contributed by atoms with Gasteiger partial charge in [-0.25, -0.2) is 9.18 Å². The van der Waals surface area contributed by atoms with E-state index >= 15 is 0 Å². The number of aliphatic carboxylic acids is 1. The molecule has 24 heavy (non-hydrogen) atoms. The molecule has 0 aliphatic rings. The van der Waals surface area contributed by atoms with Gasteiger partial charge in [0.1, 0.15) is 29.5 Å². The zero-order valence-corrected chi connectivity index (χ0v) is 13.6. The molecule has 1 aromatic carbocycles. The van der Waals surface area contributed by atoms with Crippen molar-refractivity contribution in [1.29, 1.82) is 0 Å². The van der Waals surface area contributed by atoms with Crippen molar-refractivity contribution in [1.82, 2.24) is 4.90 Å². The Morgan fingerprint density at radius 2 is 1.83 bits per heavy atom. The van der Waals surface area contributed by atoms with E-state index in [1.54, 1.807) is 6.07 Å². The summed E-state index contributed by atoms with van der Waals surface area (Å²) >= 11 is 0. The summed E-state index contributed by atoms with van der Waals surface area (Å²) in [6.07, 6.45) is 0. The Morgan fingerprint density at radius 3 is 2.42 bits per heavy atom. The maximum atomic E-state index is 12.8. The third-order valence-corrected chi connectivity index (χ3v) is 3.73. The first-order valence-electron chi connectivity index (χ1n) is 7.20. The molecule has 0 aliphatic carbocycles. The normalized spacial score (nSPS) is 11.2. The molecule has 6 nitrogen and oxygen atoms in total. The summed E-state index contributed by atoms with van der Waals surface area (Å²) in [6, 6.07) is 8.53. The lowest BCUT2D eigenvalue weighted by Gasteiger charge is -2.30. The molecule has 0 spiro atoms. The van der Waals surface area contributed by atoms with E-state index in [0.717, 1.165) is 4.90 Å². The fourth-order valence-electron chi connectivity index (χ4n) is 1.82. The van der Waals surface area contributed by atoms with Gasteiger partial charge in [-0.3, -0.25) is 4.79 Å². The van der Waals surface area contributed by atoms with Crippen molar-refractivity contribution in [2.45, 2.75) is 26.0 Å². The van der Waals surface area contributed by atoms with Crippen LogP contribution in [0.25, 0.3) is 0 Å². The Labute approximate surface area is 138 Å². The van der Waals surface area contributed by atoms with Gasteiger partial charge in [0.15, 0.2) is 5.76 Å². The lowest BCUT2D eigenvalue weighted by atomic mass is 10.0. The number of carboxylic acids is 1. The number of carbonyl (C=O) groups excluding carboxylic acids is 1. The average Bonchev–Trinajstić information content (AvgIpc) is 3.01. The number of benzene rings is 1. The average molecular weight is 335 g/mol. The van der Waals surface area contributed by atoms with Crippen LogP contribution in [-0.4, -0.2) is 34.5 Å². The molecule has 0 unspecified atom stereocenters. The molecule has 0 bridgehead atoms. The van der Waals surface area contributed by atoms with Gasteiger partial charge in [-0.15, -0.1) is 0 Å². The predicted octanol–water partition coefficient (Wildman–Crippen LogP) is 2.93. The van der Waals surface area contributed by atoms with Crippen molar-refractivity contribution in [3.63, 3.8) is 0 Å². The van der Waals surface area contributed by atoms with E-state index in [1.807, 2.05) is 0 Å².